The number of hydrogen-bond donors (Lipinski definition) is 0. The molecule has 0 saturated carbocycles. The first-order chi connectivity index (χ1) is 14.8. The molecule has 3 rings (SSSR count). The number of halogens is 1. The monoisotopic (exact) mass is 467 g/mol. The van der Waals surface area contributed by atoms with Gasteiger partial charge < -0.3 is 4.90 Å². The molecular formula is C20H26ClN5O4S. The van der Waals surface area contributed by atoms with Crippen LogP contribution in [0.1, 0.15) is 19.4 Å². The van der Waals surface area contributed by atoms with Crippen LogP contribution in [0.5, 0.6) is 0 Å². The number of anilines is 1. The lowest BCUT2D eigenvalue weighted by atomic mass is 10.2. The third kappa shape index (κ3) is 5.15. The standard InChI is InChI=1S/C20H26ClN5O4S/c1-3-25(4-2)31(29,30)17-7-8-18(19(14-17)26(27)28)24-12-10-23(11-13-24)15-16-6-5-9-22-20(16)21/h5-9,14H,3-4,10-13,15H2,1-2H3. The van der Waals surface area contributed by atoms with Crippen LogP contribution in [0.3, 0.4) is 0 Å². The van der Waals surface area contributed by atoms with E-state index >= 15 is 0 Å². The summed E-state index contributed by atoms with van der Waals surface area (Å²) in [6.45, 7) is 7.30. The van der Waals surface area contributed by atoms with E-state index in [2.05, 4.69) is 9.88 Å². The van der Waals surface area contributed by atoms with Gasteiger partial charge in [-0.1, -0.05) is 31.5 Å². The van der Waals surface area contributed by atoms with Gasteiger partial charge in [-0.15, -0.1) is 0 Å². The van der Waals surface area contributed by atoms with E-state index in [1.54, 1.807) is 26.1 Å². The van der Waals surface area contributed by atoms with Crippen molar-refractivity contribution in [2.24, 2.45) is 0 Å². The fourth-order valence-electron chi connectivity index (χ4n) is 3.72. The van der Waals surface area contributed by atoms with Crippen LogP contribution < -0.4 is 4.90 Å². The molecule has 1 aromatic heterocycles. The van der Waals surface area contributed by atoms with Gasteiger partial charge in [0, 0.05) is 63.6 Å². The number of nitro benzene ring substituents is 1. The van der Waals surface area contributed by atoms with Gasteiger partial charge >= 0.3 is 0 Å². The van der Waals surface area contributed by atoms with Crippen LogP contribution in [0.4, 0.5) is 11.4 Å². The van der Waals surface area contributed by atoms with E-state index in [1.165, 1.54) is 16.4 Å². The van der Waals surface area contributed by atoms with E-state index in [9.17, 15) is 18.5 Å². The molecule has 0 unspecified atom stereocenters. The van der Waals surface area contributed by atoms with Crippen molar-refractivity contribution in [1.29, 1.82) is 0 Å². The van der Waals surface area contributed by atoms with Crippen LogP contribution in [-0.4, -0.2) is 66.8 Å². The van der Waals surface area contributed by atoms with Crippen LogP contribution in [0, 0.1) is 10.1 Å². The number of rotatable bonds is 8. The lowest BCUT2D eigenvalue weighted by Gasteiger charge is -2.36. The lowest BCUT2D eigenvalue weighted by Crippen LogP contribution is -2.46. The Labute approximate surface area is 187 Å². The first-order valence-corrected chi connectivity index (χ1v) is 11.9. The van der Waals surface area contributed by atoms with E-state index < -0.39 is 14.9 Å². The summed E-state index contributed by atoms with van der Waals surface area (Å²) in [5.74, 6) is 0. The van der Waals surface area contributed by atoms with Gasteiger partial charge in [-0.25, -0.2) is 13.4 Å². The smallest absolute Gasteiger partial charge is 0.293 e. The summed E-state index contributed by atoms with van der Waals surface area (Å²) < 4.78 is 26.8. The number of aromatic nitrogens is 1. The molecule has 0 amide bonds. The molecule has 1 aromatic carbocycles. The Kier molecular flexibility index (Phi) is 7.47. The van der Waals surface area contributed by atoms with Crippen LogP contribution in [-0.2, 0) is 16.6 Å². The molecule has 0 atom stereocenters. The third-order valence-electron chi connectivity index (χ3n) is 5.43. The van der Waals surface area contributed by atoms with Crippen molar-refractivity contribution in [3.63, 3.8) is 0 Å². The van der Waals surface area contributed by atoms with Gasteiger partial charge in [-0.3, -0.25) is 15.0 Å². The van der Waals surface area contributed by atoms with Crippen molar-refractivity contribution in [3.05, 3.63) is 57.4 Å². The van der Waals surface area contributed by atoms with Gasteiger partial charge in [0.1, 0.15) is 10.8 Å². The zero-order chi connectivity index (χ0) is 22.6. The average molecular weight is 468 g/mol. The Balaban J connectivity index is 1.77. The number of benzene rings is 1. The summed E-state index contributed by atoms with van der Waals surface area (Å²) in [6.07, 6.45) is 1.65. The number of pyridine rings is 1. The van der Waals surface area contributed by atoms with Crippen molar-refractivity contribution in [2.75, 3.05) is 44.2 Å². The SMILES string of the molecule is CCN(CC)S(=O)(=O)c1ccc(N2CCN(Cc3cccnc3Cl)CC2)c([N+](=O)[O-])c1. The molecule has 1 aliphatic heterocycles. The minimum absolute atomic E-state index is 0.0588. The summed E-state index contributed by atoms with van der Waals surface area (Å²) >= 11 is 6.14. The maximum Gasteiger partial charge on any atom is 0.293 e. The maximum atomic E-state index is 12.8. The van der Waals surface area contributed by atoms with Crippen molar-refractivity contribution >= 4 is 33.0 Å². The molecule has 0 radical (unpaired) electrons. The topological polar surface area (TPSA) is 99.9 Å². The summed E-state index contributed by atoms with van der Waals surface area (Å²) in [4.78, 5) is 19.4. The Bertz CT molecular complexity index is 1040. The molecule has 0 bridgehead atoms. The van der Waals surface area contributed by atoms with Crippen molar-refractivity contribution < 1.29 is 13.3 Å². The number of nitrogens with zero attached hydrogens (tertiary/aromatic N) is 5. The summed E-state index contributed by atoms with van der Waals surface area (Å²) in [7, 11) is -3.77. The molecule has 9 nitrogen and oxygen atoms in total. The molecule has 2 heterocycles. The number of hydrogen-bond acceptors (Lipinski definition) is 7. The highest BCUT2D eigenvalue weighted by Crippen LogP contribution is 2.32. The zero-order valence-electron chi connectivity index (χ0n) is 17.6. The molecule has 1 aliphatic rings. The molecule has 0 spiro atoms. The maximum absolute atomic E-state index is 12.8. The molecular weight excluding hydrogens is 442 g/mol. The fraction of sp³-hybridized carbons (Fsp3) is 0.450. The Morgan fingerprint density at radius 3 is 2.42 bits per heavy atom. The van der Waals surface area contributed by atoms with Gasteiger partial charge in [0.15, 0.2) is 0 Å². The Morgan fingerprint density at radius 1 is 1.16 bits per heavy atom. The molecule has 0 N–H and O–H groups in total. The van der Waals surface area contributed by atoms with Crippen molar-refractivity contribution in [2.45, 2.75) is 25.3 Å². The first kappa shape index (κ1) is 23.4. The molecule has 1 fully saturated rings. The molecule has 168 valence electrons. The average Bonchev–Trinajstić information content (AvgIpc) is 2.76. The third-order valence-corrected chi connectivity index (χ3v) is 7.82. The molecule has 11 heteroatoms. The minimum atomic E-state index is -3.77. The van der Waals surface area contributed by atoms with Crippen molar-refractivity contribution in [3.8, 4) is 0 Å². The van der Waals surface area contributed by atoms with Crippen molar-refractivity contribution in [1.82, 2.24) is 14.2 Å². The predicted molar refractivity (Wildman–Crippen MR) is 120 cm³/mol. The van der Waals surface area contributed by atoms with E-state index in [1.807, 2.05) is 17.0 Å². The molecule has 2 aromatic rings. The number of piperazine rings is 1. The Hall–Kier alpha value is -2.27. The minimum Gasteiger partial charge on any atom is -0.363 e. The second-order valence-corrected chi connectivity index (χ2v) is 9.51. The lowest BCUT2D eigenvalue weighted by molar-refractivity contribution is -0.384. The second-order valence-electron chi connectivity index (χ2n) is 7.21. The van der Waals surface area contributed by atoms with Crippen LogP contribution in [0.15, 0.2) is 41.4 Å². The van der Waals surface area contributed by atoms with Crippen LogP contribution in [0.25, 0.3) is 0 Å². The normalized spacial score (nSPS) is 15.4. The van der Waals surface area contributed by atoms with E-state index in [-0.39, 0.29) is 10.6 Å². The summed E-state index contributed by atoms with van der Waals surface area (Å²) in [6, 6.07) is 7.95. The Morgan fingerprint density at radius 2 is 1.84 bits per heavy atom. The fourth-order valence-corrected chi connectivity index (χ4v) is 5.37. The molecule has 1 saturated heterocycles. The van der Waals surface area contributed by atoms with E-state index in [4.69, 9.17) is 11.6 Å². The van der Waals surface area contributed by atoms with E-state index in [0.29, 0.717) is 56.7 Å². The van der Waals surface area contributed by atoms with Gasteiger partial charge in [0.25, 0.3) is 5.69 Å². The largest absolute Gasteiger partial charge is 0.363 e. The highest BCUT2D eigenvalue weighted by atomic mass is 35.5. The highest BCUT2D eigenvalue weighted by Gasteiger charge is 2.29. The first-order valence-electron chi connectivity index (χ1n) is 10.1. The highest BCUT2D eigenvalue weighted by molar-refractivity contribution is 7.89. The quantitative estimate of drug-likeness (QED) is 0.334. The van der Waals surface area contributed by atoms with Gasteiger partial charge in [-0.2, -0.15) is 4.31 Å². The van der Waals surface area contributed by atoms with Gasteiger partial charge in [0.05, 0.1) is 9.82 Å². The van der Waals surface area contributed by atoms with Crippen LogP contribution >= 0.6 is 11.6 Å². The van der Waals surface area contributed by atoms with Gasteiger partial charge in [-0.05, 0) is 18.2 Å². The molecule has 0 aliphatic carbocycles. The second kappa shape index (κ2) is 9.90. The van der Waals surface area contributed by atoms with Gasteiger partial charge in [0.2, 0.25) is 10.0 Å². The van der Waals surface area contributed by atoms with Crippen LogP contribution in [0.2, 0.25) is 5.15 Å². The molecule has 31 heavy (non-hydrogen) atoms. The number of nitro groups is 1. The zero-order valence-corrected chi connectivity index (χ0v) is 19.1. The predicted octanol–water partition coefficient (Wildman–Crippen LogP) is 3.00. The van der Waals surface area contributed by atoms with E-state index in [0.717, 1.165) is 5.56 Å². The summed E-state index contributed by atoms with van der Waals surface area (Å²) in [5.41, 5.74) is 1.18. The number of sulfonamides is 1. The summed E-state index contributed by atoms with van der Waals surface area (Å²) in [5, 5.41) is 12.2.